The van der Waals surface area contributed by atoms with Crippen LogP contribution >= 0.6 is 0 Å². The van der Waals surface area contributed by atoms with Gasteiger partial charge in [0.2, 0.25) is 0 Å². The van der Waals surface area contributed by atoms with E-state index in [2.05, 4.69) is 14.7 Å². The lowest BCUT2D eigenvalue weighted by molar-refractivity contribution is -0.141. The van der Waals surface area contributed by atoms with Crippen molar-refractivity contribution >= 4 is 11.4 Å². The third kappa shape index (κ3) is 5.58. The molecule has 5 N–H and O–H groups in total. The van der Waals surface area contributed by atoms with E-state index in [-0.39, 0.29) is 17.1 Å². The van der Waals surface area contributed by atoms with E-state index in [1.54, 1.807) is 0 Å². The van der Waals surface area contributed by atoms with Gasteiger partial charge < -0.3 is 21.3 Å². The number of nitrogen functional groups attached to an aromatic ring is 2. The van der Waals surface area contributed by atoms with Crippen molar-refractivity contribution in [3.8, 4) is 11.5 Å². The van der Waals surface area contributed by atoms with Crippen LogP contribution in [-0.2, 0) is 12.4 Å². The molecule has 0 unspecified atom stereocenters. The molecule has 0 saturated carbocycles. The normalized spacial score (nSPS) is 11.5. The third-order valence-electron chi connectivity index (χ3n) is 2.61. The third-order valence-corrected chi connectivity index (χ3v) is 2.61. The van der Waals surface area contributed by atoms with E-state index in [0.717, 1.165) is 12.3 Å². The van der Waals surface area contributed by atoms with Crippen molar-refractivity contribution in [2.75, 3.05) is 18.6 Å². The summed E-state index contributed by atoms with van der Waals surface area (Å²) in [5.74, 6) is -0.323. The fourth-order valence-corrected chi connectivity index (χ4v) is 1.40. The van der Waals surface area contributed by atoms with Gasteiger partial charge in [-0.15, -0.1) is 0 Å². The quantitative estimate of drug-likeness (QED) is 0.666. The Labute approximate surface area is 137 Å². The van der Waals surface area contributed by atoms with Gasteiger partial charge in [-0.25, -0.2) is 9.97 Å². The summed E-state index contributed by atoms with van der Waals surface area (Å²) in [6, 6.07) is 1.31. The number of aromatic nitrogens is 2. The fraction of sp³-hybridized carbons (Fsp3) is 0.231. The average Bonchev–Trinajstić information content (AvgIpc) is 2.48. The zero-order chi connectivity index (χ0) is 19.4. The van der Waals surface area contributed by atoms with E-state index in [0.29, 0.717) is 12.3 Å². The second-order valence-corrected chi connectivity index (χ2v) is 4.44. The van der Waals surface area contributed by atoms with Crippen LogP contribution in [-0.4, -0.2) is 22.2 Å². The summed E-state index contributed by atoms with van der Waals surface area (Å²) in [5.41, 5.74) is 7.74. The van der Waals surface area contributed by atoms with Crippen molar-refractivity contribution in [3.05, 3.63) is 35.9 Å². The van der Waals surface area contributed by atoms with Crippen LogP contribution in [0.5, 0.6) is 11.5 Å². The predicted octanol–water partition coefficient (Wildman–Crippen LogP) is 3.08. The standard InChI is InChI=1S/C7H7F3N2O.C6H5F3N2O/c1-13-5-3-12-6(2-4(5)11)7(8,9)10;7-6(8,9)5-1-3(10)4(12)2-11-5/h2-3H,1H3,(H2,11,12);1-2,12H,(H2,10,11). The number of hydrogen-bond acceptors (Lipinski definition) is 6. The fourth-order valence-electron chi connectivity index (χ4n) is 1.40. The number of nitrogens with zero attached hydrogens (tertiary/aromatic N) is 2. The second-order valence-electron chi connectivity index (χ2n) is 4.44. The molecule has 12 heteroatoms. The van der Waals surface area contributed by atoms with Crippen LogP contribution in [0.15, 0.2) is 24.5 Å². The Kier molecular flexibility index (Phi) is 5.89. The Hall–Kier alpha value is -2.92. The first-order valence-electron chi connectivity index (χ1n) is 6.24. The Balaban J connectivity index is 0.000000251. The predicted molar refractivity (Wildman–Crippen MR) is 75.5 cm³/mol. The summed E-state index contributed by atoms with van der Waals surface area (Å²) >= 11 is 0. The van der Waals surface area contributed by atoms with Crippen LogP contribution in [0.1, 0.15) is 11.4 Å². The molecule has 2 aromatic heterocycles. The second kappa shape index (κ2) is 7.32. The van der Waals surface area contributed by atoms with Gasteiger partial charge in [-0.2, -0.15) is 26.3 Å². The minimum Gasteiger partial charge on any atom is -0.504 e. The van der Waals surface area contributed by atoms with Gasteiger partial charge in [0.15, 0.2) is 11.5 Å². The highest BCUT2D eigenvalue weighted by Crippen LogP contribution is 2.32. The van der Waals surface area contributed by atoms with Crippen LogP contribution in [0.4, 0.5) is 37.7 Å². The number of rotatable bonds is 1. The average molecular weight is 370 g/mol. The summed E-state index contributed by atoms with van der Waals surface area (Å²) in [7, 11) is 1.31. The van der Waals surface area contributed by atoms with E-state index in [4.69, 9.17) is 16.6 Å². The van der Waals surface area contributed by atoms with Gasteiger partial charge >= 0.3 is 12.4 Å². The van der Waals surface area contributed by atoms with Gasteiger partial charge in [-0.05, 0) is 12.1 Å². The largest absolute Gasteiger partial charge is 0.504 e. The molecule has 2 aromatic rings. The molecule has 2 heterocycles. The van der Waals surface area contributed by atoms with Crippen molar-refractivity contribution in [3.63, 3.8) is 0 Å². The minimum atomic E-state index is -4.53. The van der Waals surface area contributed by atoms with Crippen LogP contribution < -0.4 is 16.2 Å². The molecule has 0 aromatic carbocycles. The lowest BCUT2D eigenvalue weighted by atomic mass is 10.3. The van der Waals surface area contributed by atoms with E-state index < -0.39 is 29.5 Å². The molecule has 0 atom stereocenters. The van der Waals surface area contributed by atoms with Gasteiger partial charge in [0.05, 0.1) is 30.9 Å². The molecule has 2 rings (SSSR count). The van der Waals surface area contributed by atoms with Gasteiger partial charge in [-0.3, -0.25) is 0 Å². The number of nitrogens with two attached hydrogens (primary N) is 2. The first kappa shape index (κ1) is 20.1. The molecule has 6 nitrogen and oxygen atoms in total. The van der Waals surface area contributed by atoms with E-state index in [9.17, 15) is 26.3 Å². The van der Waals surface area contributed by atoms with Gasteiger partial charge in [0, 0.05) is 0 Å². The molecule has 0 saturated heterocycles. The number of hydrogen-bond donors (Lipinski definition) is 3. The first-order valence-corrected chi connectivity index (χ1v) is 6.24. The molecular weight excluding hydrogens is 358 g/mol. The molecule has 0 aliphatic carbocycles. The first-order chi connectivity index (χ1) is 11.4. The van der Waals surface area contributed by atoms with Gasteiger partial charge in [0.1, 0.15) is 11.4 Å². The number of alkyl halides is 6. The minimum absolute atomic E-state index is 0.0789. The number of pyridine rings is 2. The molecule has 0 bridgehead atoms. The number of methoxy groups -OCH3 is 1. The maximum atomic E-state index is 12.0. The topological polar surface area (TPSA) is 107 Å². The van der Waals surface area contributed by atoms with Crippen LogP contribution in [0, 0.1) is 0 Å². The van der Waals surface area contributed by atoms with Crippen molar-refractivity contribution in [1.82, 2.24) is 9.97 Å². The molecule has 0 aliphatic heterocycles. The van der Waals surface area contributed by atoms with Crippen LogP contribution in [0.2, 0.25) is 0 Å². The van der Waals surface area contributed by atoms with E-state index in [1.165, 1.54) is 7.11 Å². The number of ether oxygens (including phenoxy) is 1. The molecule has 0 aliphatic rings. The Morgan fingerprint density at radius 2 is 1.32 bits per heavy atom. The summed E-state index contributed by atoms with van der Waals surface area (Å²) < 4.78 is 76.5. The smallest absolute Gasteiger partial charge is 0.433 e. The van der Waals surface area contributed by atoms with Crippen molar-refractivity contribution in [2.45, 2.75) is 12.4 Å². The molecule has 138 valence electrons. The summed E-state index contributed by atoms with van der Waals surface area (Å²) in [5, 5.41) is 8.75. The Morgan fingerprint density at radius 1 is 0.880 bits per heavy atom. The summed E-state index contributed by atoms with van der Waals surface area (Å²) in [4.78, 5) is 6.11. The van der Waals surface area contributed by atoms with Crippen LogP contribution in [0.25, 0.3) is 0 Å². The maximum Gasteiger partial charge on any atom is 0.433 e. The highest BCUT2D eigenvalue weighted by molar-refractivity contribution is 5.52. The Bertz CT molecular complexity index is 733. The molecule has 0 radical (unpaired) electrons. The van der Waals surface area contributed by atoms with Crippen molar-refractivity contribution in [1.29, 1.82) is 0 Å². The lowest BCUT2D eigenvalue weighted by Crippen LogP contribution is -2.08. The highest BCUT2D eigenvalue weighted by atomic mass is 19.4. The zero-order valence-electron chi connectivity index (χ0n) is 12.5. The molecular formula is C13H12F6N4O2. The molecule has 0 amide bonds. The lowest BCUT2D eigenvalue weighted by Gasteiger charge is -2.08. The van der Waals surface area contributed by atoms with Crippen LogP contribution in [0.3, 0.4) is 0 Å². The van der Waals surface area contributed by atoms with Gasteiger partial charge in [-0.1, -0.05) is 0 Å². The van der Waals surface area contributed by atoms with E-state index >= 15 is 0 Å². The van der Waals surface area contributed by atoms with Crippen molar-refractivity contribution in [2.24, 2.45) is 0 Å². The monoisotopic (exact) mass is 370 g/mol. The Morgan fingerprint density at radius 3 is 1.68 bits per heavy atom. The summed E-state index contributed by atoms with van der Waals surface area (Å²) in [6.07, 6.45) is -7.39. The molecule has 25 heavy (non-hydrogen) atoms. The van der Waals surface area contributed by atoms with E-state index in [1.807, 2.05) is 0 Å². The summed E-state index contributed by atoms with van der Waals surface area (Å²) in [6.45, 7) is 0. The maximum absolute atomic E-state index is 12.0. The molecule has 0 fully saturated rings. The number of anilines is 2. The van der Waals surface area contributed by atoms with Gasteiger partial charge in [0.25, 0.3) is 0 Å². The number of halogens is 6. The van der Waals surface area contributed by atoms with Crippen molar-refractivity contribution < 1.29 is 36.2 Å². The molecule has 0 spiro atoms. The zero-order valence-corrected chi connectivity index (χ0v) is 12.5. The highest BCUT2D eigenvalue weighted by Gasteiger charge is 2.33. The SMILES string of the molecule is COc1cnc(C(F)(F)F)cc1N.Nc1cc(C(F)(F)F)ncc1O. The number of aromatic hydroxyl groups is 1.